The van der Waals surface area contributed by atoms with E-state index in [-0.39, 0.29) is 0 Å². The van der Waals surface area contributed by atoms with Crippen molar-refractivity contribution in [2.24, 2.45) is 5.92 Å². The zero-order chi connectivity index (χ0) is 13.8. The maximum absolute atomic E-state index is 11.1. The van der Waals surface area contributed by atoms with Gasteiger partial charge in [-0.15, -0.1) is 0 Å². The Morgan fingerprint density at radius 2 is 1.79 bits per heavy atom. The molecule has 0 heterocycles. The summed E-state index contributed by atoms with van der Waals surface area (Å²) in [6.07, 6.45) is 0.880. The van der Waals surface area contributed by atoms with Crippen LogP contribution in [0, 0.1) is 5.92 Å². The number of benzene rings is 2. The molecule has 0 spiro atoms. The van der Waals surface area contributed by atoms with Crippen molar-refractivity contribution in [3.8, 4) is 11.1 Å². The fourth-order valence-electron chi connectivity index (χ4n) is 2.23. The lowest BCUT2D eigenvalue weighted by molar-refractivity contribution is 0.0696. The van der Waals surface area contributed by atoms with Crippen molar-refractivity contribution in [2.75, 3.05) is 0 Å². The molecule has 0 fully saturated rings. The van der Waals surface area contributed by atoms with Crippen LogP contribution in [-0.4, -0.2) is 11.1 Å². The van der Waals surface area contributed by atoms with Crippen LogP contribution in [0.3, 0.4) is 0 Å². The Morgan fingerprint density at radius 3 is 2.37 bits per heavy atom. The minimum absolute atomic E-state index is 0.357. The van der Waals surface area contributed by atoms with Crippen LogP contribution in [0.2, 0.25) is 0 Å². The summed E-state index contributed by atoms with van der Waals surface area (Å²) < 4.78 is 0. The van der Waals surface area contributed by atoms with Crippen LogP contribution in [0.1, 0.15) is 29.8 Å². The summed E-state index contributed by atoms with van der Waals surface area (Å²) in [5.41, 5.74) is 3.71. The highest BCUT2D eigenvalue weighted by atomic mass is 16.4. The number of hydrogen-bond acceptors (Lipinski definition) is 1. The number of rotatable bonds is 4. The van der Waals surface area contributed by atoms with Crippen molar-refractivity contribution in [1.82, 2.24) is 0 Å². The zero-order valence-electron chi connectivity index (χ0n) is 11.3. The first-order chi connectivity index (χ1) is 9.08. The van der Waals surface area contributed by atoms with Gasteiger partial charge in [0.05, 0.1) is 5.56 Å². The molecular formula is C17H18O2. The fraction of sp³-hybridized carbons (Fsp3) is 0.235. The van der Waals surface area contributed by atoms with Crippen LogP contribution >= 0.6 is 0 Å². The normalized spacial score (nSPS) is 10.7. The Balaban J connectivity index is 2.51. The van der Waals surface area contributed by atoms with Gasteiger partial charge in [-0.2, -0.15) is 0 Å². The summed E-state index contributed by atoms with van der Waals surface area (Å²) in [5, 5.41) is 9.10. The van der Waals surface area contributed by atoms with Crippen LogP contribution in [0.5, 0.6) is 0 Å². The molecule has 1 N–H and O–H groups in total. The van der Waals surface area contributed by atoms with Gasteiger partial charge in [0.1, 0.15) is 0 Å². The van der Waals surface area contributed by atoms with Gasteiger partial charge in [-0.05, 0) is 41.2 Å². The molecule has 0 amide bonds. The van der Waals surface area contributed by atoms with E-state index in [0.717, 1.165) is 23.1 Å². The molecule has 2 heteroatoms. The maximum Gasteiger partial charge on any atom is 0.335 e. The van der Waals surface area contributed by atoms with Gasteiger partial charge < -0.3 is 5.11 Å². The van der Waals surface area contributed by atoms with Gasteiger partial charge in [0.25, 0.3) is 0 Å². The largest absolute Gasteiger partial charge is 0.478 e. The Kier molecular flexibility index (Phi) is 4.00. The third kappa shape index (κ3) is 3.22. The average Bonchev–Trinajstić information content (AvgIpc) is 2.39. The molecule has 0 aliphatic rings. The highest BCUT2D eigenvalue weighted by Gasteiger charge is 2.11. The van der Waals surface area contributed by atoms with Crippen LogP contribution in [-0.2, 0) is 6.42 Å². The Labute approximate surface area is 113 Å². The molecule has 98 valence electrons. The van der Waals surface area contributed by atoms with Crippen LogP contribution in [0.4, 0.5) is 0 Å². The summed E-state index contributed by atoms with van der Waals surface area (Å²) in [6, 6.07) is 15.5. The number of aromatic carboxylic acids is 1. The Morgan fingerprint density at radius 1 is 1.11 bits per heavy atom. The Bertz CT molecular complexity index is 571. The number of carbonyl (C=O) groups is 1. The SMILES string of the molecule is CC(C)Cc1cc(C(=O)O)ccc1-c1ccccc1. The highest BCUT2D eigenvalue weighted by Crippen LogP contribution is 2.26. The molecule has 2 aromatic rings. The summed E-state index contributed by atoms with van der Waals surface area (Å²) in [4.78, 5) is 11.1. The fourth-order valence-corrected chi connectivity index (χ4v) is 2.23. The van der Waals surface area contributed by atoms with E-state index < -0.39 is 5.97 Å². The molecule has 0 aromatic heterocycles. The lowest BCUT2D eigenvalue weighted by atomic mass is 9.92. The first-order valence-electron chi connectivity index (χ1n) is 6.49. The van der Waals surface area contributed by atoms with Crippen molar-refractivity contribution in [3.05, 3.63) is 59.7 Å². The maximum atomic E-state index is 11.1. The molecule has 19 heavy (non-hydrogen) atoms. The van der Waals surface area contributed by atoms with Crippen LogP contribution in [0.15, 0.2) is 48.5 Å². The average molecular weight is 254 g/mol. The molecule has 0 aliphatic carbocycles. The molecule has 0 unspecified atom stereocenters. The summed E-state index contributed by atoms with van der Waals surface area (Å²) in [6.45, 7) is 4.28. The van der Waals surface area contributed by atoms with E-state index in [2.05, 4.69) is 26.0 Å². The lowest BCUT2D eigenvalue weighted by Crippen LogP contribution is -2.02. The van der Waals surface area contributed by atoms with Gasteiger partial charge in [-0.1, -0.05) is 50.2 Å². The van der Waals surface area contributed by atoms with E-state index in [1.807, 2.05) is 24.3 Å². The Hall–Kier alpha value is -2.09. The molecule has 2 nitrogen and oxygen atoms in total. The molecule has 0 aliphatic heterocycles. The van der Waals surface area contributed by atoms with Crippen molar-refractivity contribution < 1.29 is 9.90 Å². The van der Waals surface area contributed by atoms with E-state index in [4.69, 9.17) is 5.11 Å². The van der Waals surface area contributed by atoms with Gasteiger partial charge in [0.2, 0.25) is 0 Å². The van der Waals surface area contributed by atoms with Crippen molar-refractivity contribution in [2.45, 2.75) is 20.3 Å². The molecule has 0 atom stereocenters. The van der Waals surface area contributed by atoms with E-state index in [0.29, 0.717) is 11.5 Å². The number of hydrogen-bond donors (Lipinski definition) is 1. The minimum atomic E-state index is -0.871. The highest BCUT2D eigenvalue weighted by molar-refractivity contribution is 5.89. The second kappa shape index (κ2) is 5.70. The molecule has 0 bridgehead atoms. The standard InChI is InChI=1S/C17H18O2/c1-12(2)10-15-11-14(17(18)19)8-9-16(15)13-6-4-3-5-7-13/h3-9,11-12H,10H2,1-2H3,(H,18,19). The van der Waals surface area contributed by atoms with Gasteiger partial charge >= 0.3 is 5.97 Å². The van der Waals surface area contributed by atoms with Crippen molar-refractivity contribution in [3.63, 3.8) is 0 Å². The lowest BCUT2D eigenvalue weighted by Gasteiger charge is -2.13. The van der Waals surface area contributed by atoms with Crippen LogP contribution in [0.25, 0.3) is 11.1 Å². The molecule has 0 radical (unpaired) electrons. The van der Waals surface area contributed by atoms with Crippen molar-refractivity contribution in [1.29, 1.82) is 0 Å². The second-order valence-corrected chi connectivity index (χ2v) is 5.14. The quantitative estimate of drug-likeness (QED) is 0.885. The van der Waals surface area contributed by atoms with Gasteiger partial charge in [-0.25, -0.2) is 4.79 Å². The van der Waals surface area contributed by atoms with Crippen LogP contribution < -0.4 is 0 Å². The molecule has 0 saturated heterocycles. The van der Waals surface area contributed by atoms with Gasteiger partial charge in [-0.3, -0.25) is 0 Å². The van der Waals surface area contributed by atoms with E-state index in [1.54, 1.807) is 12.1 Å². The second-order valence-electron chi connectivity index (χ2n) is 5.14. The van der Waals surface area contributed by atoms with E-state index in [9.17, 15) is 4.79 Å². The zero-order valence-corrected chi connectivity index (χ0v) is 11.3. The third-order valence-corrected chi connectivity index (χ3v) is 3.07. The molecular weight excluding hydrogens is 236 g/mol. The first-order valence-corrected chi connectivity index (χ1v) is 6.49. The summed E-state index contributed by atoms with van der Waals surface area (Å²) >= 11 is 0. The topological polar surface area (TPSA) is 37.3 Å². The number of carboxylic acid groups (broad SMARTS) is 1. The molecule has 2 aromatic carbocycles. The van der Waals surface area contributed by atoms with Gasteiger partial charge in [0.15, 0.2) is 0 Å². The van der Waals surface area contributed by atoms with E-state index in [1.165, 1.54) is 0 Å². The van der Waals surface area contributed by atoms with Crippen molar-refractivity contribution >= 4 is 5.97 Å². The third-order valence-electron chi connectivity index (χ3n) is 3.07. The summed E-state index contributed by atoms with van der Waals surface area (Å²) in [5.74, 6) is -0.379. The minimum Gasteiger partial charge on any atom is -0.478 e. The monoisotopic (exact) mass is 254 g/mol. The predicted molar refractivity (Wildman–Crippen MR) is 77.4 cm³/mol. The summed E-state index contributed by atoms with van der Waals surface area (Å²) in [7, 11) is 0. The van der Waals surface area contributed by atoms with Gasteiger partial charge in [0, 0.05) is 0 Å². The predicted octanol–water partition coefficient (Wildman–Crippen LogP) is 4.25. The smallest absolute Gasteiger partial charge is 0.335 e. The van der Waals surface area contributed by atoms with E-state index >= 15 is 0 Å². The molecule has 2 rings (SSSR count). The first kappa shape index (κ1) is 13.3. The molecule has 0 saturated carbocycles. The number of carboxylic acids is 1.